The zero-order valence-corrected chi connectivity index (χ0v) is 22.6. The maximum absolute atomic E-state index is 12.9. The highest BCUT2D eigenvalue weighted by Crippen LogP contribution is 2.32. The zero-order chi connectivity index (χ0) is 24.2. The maximum Gasteiger partial charge on any atom is 0.319 e. The molecule has 34 heavy (non-hydrogen) atoms. The van der Waals surface area contributed by atoms with Crippen molar-refractivity contribution in [1.82, 2.24) is 10.6 Å². The summed E-state index contributed by atoms with van der Waals surface area (Å²) in [4.78, 5) is 25.4. The van der Waals surface area contributed by atoms with Crippen molar-refractivity contribution in [2.75, 3.05) is 18.4 Å². The molecule has 0 aliphatic heterocycles. The molecule has 7 heteroatoms. The van der Waals surface area contributed by atoms with E-state index in [4.69, 9.17) is 5.73 Å². The van der Waals surface area contributed by atoms with E-state index in [1.54, 1.807) is 0 Å². The quantitative estimate of drug-likeness (QED) is 0.252. The number of para-hydroxylation sites is 1. The molecule has 0 aliphatic carbocycles. The van der Waals surface area contributed by atoms with Gasteiger partial charge in [0.1, 0.15) is 0 Å². The average Bonchev–Trinajstić information content (AvgIpc) is 2.79. The Labute approximate surface area is 215 Å². The summed E-state index contributed by atoms with van der Waals surface area (Å²) in [7, 11) is 0. The molecule has 1 unspecified atom stereocenters. The molecular weight excluding hydrogens is 492 g/mol. The van der Waals surface area contributed by atoms with Gasteiger partial charge in [-0.25, -0.2) is 4.79 Å². The topological polar surface area (TPSA) is 96.2 Å². The standard InChI is InChI=1S/C27H40N4O2.BrH/c1-19(2)22-14-11-15-23(20(3)4)26(22)31-27(33)29-18-24(21-12-7-5-8-13-21)30-25(32)16-9-6-10-17-28;/h5,7-8,11-15,19-20,24H,6,9-10,16-18,28H2,1-4H3,(H,30,32)(H2,29,31,33);1H. The lowest BCUT2D eigenvalue weighted by Crippen LogP contribution is -2.39. The van der Waals surface area contributed by atoms with E-state index in [1.165, 1.54) is 0 Å². The number of anilines is 1. The molecule has 0 saturated heterocycles. The van der Waals surface area contributed by atoms with Gasteiger partial charge in [0.15, 0.2) is 0 Å². The largest absolute Gasteiger partial charge is 0.348 e. The van der Waals surface area contributed by atoms with Crippen LogP contribution in [0.2, 0.25) is 0 Å². The lowest BCUT2D eigenvalue weighted by atomic mass is 9.93. The van der Waals surface area contributed by atoms with Crippen molar-refractivity contribution >= 4 is 34.6 Å². The number of benzene rings is 2. The van der Waals surface area contributed by atoms with E-state index >= 15 is 0 Å². The number of urea groups is 1. The molecule has 6 nitrogen and oxygen atoms in total. The second-order valence-electron chi connectivity index (χ2n) is 9.09. The van der Waals surface area contributed by atoms with Crippen LogP contribution in [0.5, 0.6) is 0 Å². The lowest BCUT2D eigenvalue weighted by molar-refractivity contribution is -0.121. The van der Waals surface area contributed by atoms with Crippen molar-refractivity contribution in [2.24, 2.45) is 5.73 Å². The predicted octanol–water partition coefficient (Wildman–Crippen LogP) is 6.01. The highest BCUT2D eigenvalue weighted by molar-refractivity contribution is 8.93. The van der Waals surface area contributed by atoms with E-state index < -0.39 is 0 Å². The van der Waals surface area contributed by atoms with E-state index in [0.29, 0.717) is 19.5 Å². The summed E-state index contributed by atoms with van der Waals surface area (Å²) in [6.45, 7) is 9.43. The number of amides is 3. The summed E-state index contributed by atoms with van der Waals surface area (Å²) < 4.78 is 0. The molecule has 0 radical (unpaired) electrons. The van der Waals surface area contributed by atoms with Crippen molar-refractivity contribution in [3.05, 3.63) is 65.2 Å². The third kappa shape index (κ3) is 9.47. The van der Waals surface area contributed by atoms with Gasteiger partial charge in [0.2, 0.25) is 5.91 Å². The number of unbranched alkanes of at least 4 members (excludes halogenated alkanes) is 2. The van der Waals surface area contributed by atoms with Crippen LogP contribution in [-0.4, -0.2) is 25.0 Å². The predicted molar refractivity (Wildman–Crippen MR) is 147 cm³/mol. The van der Waals surface area contributed by atoms with Crippen molar-refractivity contribution in [3.63, 3.8) is 0 Å². The SMILES string of the molecule is Br.CC(C)c1cccc(C(C)C)c1NC(=O)NCC(NC(=O)CCCCCN)c1ccccc1. The number of halogens is 1. The Kier molecular flexibility index (Phi) is 13.5. The van der Waals surface area contributed by atoms with Crippen molar-refractivity contribution in [2.45, 2.75) is 71.3 Å². The Hall–Kier alpha value is -2.38. The second-order valence-corrected chi connectivity index (χ2v) is 9.09. The molecule has 5 N–H and O–H groups in total. The highest BCUT2D eigenvalue weighted by Gasteiger charge is 2.18. The fourth-order valence-electron chi connectivity index (χ4n) is 3.86. The van der Waals surface area contributed by atoms with E-state index in [9.17, 15) is 9.59 Å². The number of hydrogen-bond acceptors (Lipinski definition) is 3. The molecule has 0 fully saturated rings. The van der Waals surface area contributed by atoms with Gasteiger partial charge in [0.05, 0.1) is 6.04 Å². The normalized spacial score (nSPS) is 11.6. The second kappa shape index (κ2) is 15.5. The van der Waals surface area contributed by atoms with Gasteiger partial charge in [-0.1, -0.05) is 82.6 Å². The maximum atomic E-state index is 12.9. The van der Waals surface area contributed by atoms with Gasteiger partial charge >= 0.3 is 6.03 Å². The monoisotopic (exact) mass is 532 g/mol. The molecule has 2 aromatic rings. The number of nitrogens with two attached hydrogens (primary N) is 1. The third-order valence-corrected chi connectivity index (χ3v) is 5.72. The first-order valence-corrected chi connectivity index (χ1v) is 12.1. The van der Waals surface area contributed by atoms with Gasteiger partial charge < -0.3 is 21.7 Å². The Bertz CT molecular complexity index is 861. The Balaban J connectivity index is 0.00000578. The molecule has 2 aromatic carbocycles. The number of carbonyl (C=O) groups is 2. The molecule has 0 heterocycles. The van der Waals surface area contributed by atoms with Gasteiger partial charge in [-0.2, -0.15) is 0 Å². The van der Waals surface area contributed by atoms with Crippen molar-refractivity contribution in [3.8, 4) is 0 Å². The lowest BCUT2D eigenvalue weighted by Gasteiger charge is -2.22. The fourth-order valence-corrected chi connectivity index (χ4v) is 3.86. The van der Waals surface area contributed by atoms with Crippen molar-refractivity contribution in [1.29, 1.82) is 0 Å². The van der Waals surface area contributed by atoms with Crippen LogP contribution < -0.4 is 21.7 Å². The molecule has 0 saturated carbocycles. The van der Waals surface area contributed by atoms with Crippen LogP contribution in [0, 0.1) is 0 Å². The molecule has 0 aliphatic rings. The molecule has 0 spiro atoms. The molecule has 0 aromatic heterocycles. The van der Waals surface area contributed by atoms with Gasteiger partial charge in [0, 0.05) is 18.7 Å². The summed E-state index contributed by atoms with van der Waals surface area (Å²) in [5.41, 5.74) is 9.59. The average molecular weight is 534 g/mol. The van der Waals surface area contributed by atoms with Crippen LogP contribution in [0.4, 0.5) is 10.5 Å². The summed E-state index contributed by atoms with van der Waals surface area (Å²) in [5.74, 6) is 0.555. The molecular formula is C27H41BrN4O2. The van der Waals surface area contributed by atoms with Gasteiger partial charge in [0.25, 0.3) is 0 Å². The number of nitrogens with one attached hydrogen (secondary N) is 3. The van der Waals surface area contributed by atoms with Crippen LogP contribution in [0.15, 0.2) is 48.5 Å². The number of carbonyl (C=O) groups excluding carboxylic acids is 2. The Morgan fingerprint density at radius 3 is 2.03 bits per heavy atom. The van der Waals surface area contributed by atoms with Gasteiger partial charge in [-0.3, -0.25) is 4.79 Å². The minimum absolute atomic E-state index is 0. The van der Waals surface area contributed by atoms with E-state index in [-0.39, 0.29) is 46.8 Å². The molecule has 2 rings (SSSR count). The Morgan fingerprint density at radius 1 is 0.853 bits per heavy atom. The summed E-state index contributed by atoms with van der Waals surface area (Å²) >= 11 is 0. The van der Waals surface area contributed by atoms with Crippen LogP contribution in [0.25, 0.3) is 0 Å². The number of hydrogen-bond donors (Lipinski definition) is 4. The van der Waals surface area contributed by atoms with Gasteiger partial charge in [-0.05, 0) is 47.9 Å². The third-order valence-electron chi connectivity index (χ3n) is 5.72. The van der Waals surface area contributed by atoms with Gasteiger partial charge in [-0.15, -0.1) is 17.0 Å². The summed E-state index contributed by atoms with van der Waals surface area (Å²) in [6, 6.07) is 15.3. The zero-order valence-electron chi connectivity index (χ0n) is 20.9. The van der Waals surface area contributed by atoms with Crippen LogP contribution >= 0.6 is 17.0 Å². The van der Waals surface area contributed by atoms with E-state index in [0.717, 1.165) is 41.6 Å². The molecule has 0 bridgehead atoms. The minimum atomic E-state index is -0.302. The Morgan fingerprint density at radius 2 is 1.47 bits per heavy atom. The first-order valence-electron chi connectivity index (χ1n) is 12.1. The van der Waals surface area contributed by atoms with E-state index in [1.807, 2.05) is 36.4 Å². The molecule has 3 amide bonds. The van der Waals surface area contributed by atoms with E-state index in [2.05, 4.69) is 55.8 Å². The molecule has 188 valence electrons. The van der Waals surface area contributed by atoms with Crippen LogP contribution in [0.3, 0.4) is 0 Å². The first kappa shape index (κ1) is 29.7. The van der Waals surface area contributed by atoms with Crippen LogP contribution in [-0.2, 0) is 4.79 Å². The van der Waals surface area contributed by atoms with Crippen molar-refractivity contribution < 1.29 is 9.59 Å². The fraction of sp³-hybridized carbons (Fsp3) is 0.481. The molecule has 1 atom stereocenters. The smallest absolute Gasteiger partial charge is 0.319 e. The number of rotatable bonds is 12. The highest BCUT2D eigenvalue weighted by atomic mass is 79.9. The summed E-state index contributed by atoms with van der Waals surface area (Å²) in [6.07, 6.45) is 3.12. The summed E-state index contributed by atoms with van der Waals surface area (Å²) in [5, 5.41) is 9.11. The minimum Gasteiger partial charge on any atom is -0.348 e. The first-order chi connectivity index (χ1) is 15.8. The van der Waals surface area contributed by atoms with Crippen LogP contribution in [0.1, 0.15) is 87.9 Å².